The lowest BCUT2D eigenvalue weighted by molar-refractivity contribution is -0.131. The summed E-state index contributed by atoms with van der Waals surface area (Å²) >= 11 is 0. The lowest BCUT2D eigenvalue weighted by atomic mass is 10.1. The molecule has 168 valence electrons. The van der Waals surface area contributed by atoms with Gasteiger partial charge in [-0.05, 0) is 56.5 Å². The monoisotopic (exact) mass is 436 g/mol. The van der Waals surface area contributed by atoms with Crippen LogP contribution in [0.5, 0.6) is 0 Å². The summed E-state index contributed by atoms with van der Waals surface area (Å²) in [7, 11) is 1.76. The fourth-order valence-corrected chi connectivity index (χ4v) is 3.50. The van der Waals surface area contributed by atoms with Crippen LogP contribution >= 0.6 is 0 Å². The molecule has 0 fully saturated rings. The van der Waals surface area contributed by atoms with Gasteiger partial charge in [0.05, 0.1) is 5.69 Å². The third kappa shape index (κ3) is 6.51. The van der Waals surface area contributed by atoms with Crippen LogP contribution in [-0.2, 0) is 11.2 Å². The van der Waals surface area contributed by atoms with Crippen molar-refractivity contribution in [2.24, 2.45) is 0 Å². The molecule has 1 atom stereocenters. The number of hydrogen-bond donors (Lipinski definition) is 2. The fraction of sp³-hybridized carbons (Fsp3) is 0.320. The van der Waals surface area contributed by atoms with Crippen LogP contribution in [0, 0.1) is 5.82 Å². The van der Waals surface area contributed by atoms with Gasteiger partial charge in [-0.25, -0.2) is 4.39 Å². The maximum absolute atomic E-state index is 13.4. The molecule has 3 aromatic rings. The molecule has 2 N–H and O–H groups in total. The second kappa shape index (κ2) is 11.2. The number of aromatic amines is 1. The first-order valence-electron chi connectivity index (χ1n) is 10.8. The standard InChI is InChI=1S/C25H29FN4O2/c1-18(27-24(31)19-10-5-3-6-11-19)25(32)30(2)15-8-4-7-14-22-17-23(29-28-22)20-12-9-13-21(26)16-20/h3,5-6,9-13,16-18H,4,7-8,14-15H2,1-2H3,(H,27,31)(H,28,29). The summed E-state index contributed by atoms with van der Waals surface area (Å²) in [6.45, 7) is 2.33. The zero-order valence-corrected chi connectivity index (χ0v) is 18.5. The Morgan fingerprint density at radius 3 is 2.59 bits per heavy atom. The number of H-pyrrole nitrogens is 1. The summed E-state index contributed by atoms with van der Waals surface area (Å²) < 4.78 is 13.4. The molecule has 0 saturated carbocycles. The molecule has 0 aliphatic heterocycles. The highest BCUT2D eigenvalue weighted by molar-refractivity contribution is 5.97. The molecule has 0 aliphatic rings. The molecule has 7 heteroatoms. The number of likely N-dealkylation sites (N-methyl/N-ethyl adjacent to an activating group) is 1. The van der Waals surface area contributed by atoms with E-state index in [0.29, 0.717) is 12.1 Å². The van der Waals surface area contributed by atoms with Gasteiger partial charge in [0.25, 0.3) is 5.91 Å². The molecule has 1 unspecified atom stereocenters. The zero-order valence-electron chi connectivity index (χ0n) is 18.5. The van der Waals surface area contributed by atoms with Crippen LogP contribution in [-0.4, -0.2) is 46.5 Å². The Labute approximate surface area is 187 Å². The van der Waals surface area contributed by atoms with Crippen molar-refractivity contribution in [2.45, 2.75) is 38.6 Å². The molecule has 0 radical (unpaired) electrons. The quantitative estimate of drug-likeness (QED) is 0.468. The number of unbranched alkanes of at least 4 members (excludes halogenated alkanes) is 2. The normalized spacial score (nSPS) is 11.7. The molecule has 3 rings (SSSR count). The average molecular weight is 437 g/mol. The molecule has 1 aromatic heterocycles. The van der Waals surface area contributed by atoms with E-state index in [2.05, 4.69) is 15.5 Å². The Hall–Kier alpha value is -3.48. The molecule has 2 aromatic carbocycles. The minimum absolute atomic E-state index is 0.109. The van der Waals surface area contributed by atoms with Gasteiger partial charge in [0.15, 0.2) is 0 Å². The number of aryl methyl sites for hydroxylation is 1. The van der Waals surface area contributed by atoms with E-state index in [1.165, 1.54) is 12.1 Å². The highest BCUT2D eigenvalue weighted by atomic mass is 19.1. The van der Waals surface area contributed by atoms with Crippen molar-refractivity contribution >= 4 is 11.8 Å². The minimum atomic E-state index is -0.584. The third-order valence-corrected chi connectivity index (χ3v) is 5.32. The number of aromatic nitrogens is 2. The highest BCUT2D eigenvalue weighted by Gasteiger charge is 2.19. The predicted octanol–water partition coefficient (Wildman–Crippen LogP) is 4.21. The summed E-state index contributed by atoms with van der Waals surface area (Å²) in [5.41, 5.74) is 3.03. The van der Waals surface area contributed by atoms with Crippen molar-refractivity contribution < 1.29 is 14.0 Å². The highest BCUT2D eigenvalue weighted by Crippen LogP contribution is 2.19. The summed E-state index contributed by atoms with van der Waals surface area (Å²) in [5.74, 6) is -0.640. The fourth-order valence-electron chi connectivity index (χ4n) is 3.50. The average Bonchev–Trinajstić information content (AvgIpc) is 3.27. The van der Waals surface area contributed by atoms with E-state index in [1.54, 1.807) is 49.2 Å². The Kier molecular flexibility index (Phi) is 8.14. The van der Waals surface area contributed by atoms with E-state index in [-0.39, 0.29) is 17.6 Å². The molecule has 32 heavy (non-hydrogen) atoms. The van der Waals surface area contributed by atoms with E-state index in [0.717, 1.165) is 42.6 Å². The maximum Gasteiger partial charge on any atom is 0.251 e. The second-order valence-electron chi connectivity index (χ2n) is 7.92. The van der Waals surface area contributed by atoms with Gasteiger partial charge in [0.2, 0.25) is 5.91 Å². The Bertz CT molecular complexity index is 1040. The summed E-state index contributed by atoms with van der Waals surface area (Å²) in [6.07, 6.45) is 3.61. The molecule has 0 bridgehead atoms. The van der Waals surface area contributed by atoms with Gasteiger partial charge in [-0.1, -0.05) is 36.8 Å². The predicted molar refractivity (Wildman–Crippen MR) is 123 cm³/mol. The van der Waals surface area contributed by atoms with Crippen LogP contribution < -0.4 is 5.32 Å². The van der Waals surface area contributed by atoms with E-state index < -0.39 is 6.04 Å². The topological polar surface area (TPSA) is 78.1 Å². The van der Waals surface area contributed by atoms with Crippen molar-refractivity contribution in [2.75, 3.05) is 13.6 Å². The van der Waals surface area contributed by atoms with Crippen molar-refractivity contribution in [3.05, 3.63) is 77.7 Å². The van der Waals surface area contributed by atoms with E-state index in [4.69, 9.17) is 0 Å². The van der Waals surface area contributed by atoms with Crippen molar-refractivity contribution in [1.82, 2.24) is 20.4 Å². The van der Waals surface area contributed by atoms with E-state index in [9.17, 15) is 14.0 Å². The van der Waals surface area contributed by atoms with Crippen molar-refractivity contribution in [3.63, 3.8) is 0 Å². The van der Waals surface area contributed by atoms with E-state index >= 15 is 0 Å². The molecular formula is C25H29FN4O2. The van der Waals surface area contributed by atoms with Crippen LogP contribution in [0.15, 0.2) is 60.7 Å². The molecule has 6 nitrogen and oxygen atoms in total. The van der Waals surface area contributed by atoms with Crippen LogP contribution in [0.25, 0.3) is 11.3 Å². The Morgan fingerprint density at radius 2 is 1.84 bits per heavy atom. The lowest BCUT2D eigenvalue weighted by Gasteiger charge is -2.22. The van der Waals surface area contributed by atoms with Gasteiger partial charge in [-0.15, -0.1) is 0 Å². The smallest absolute Gasteiger partial charge is 0.251 e. The Balaban J connectivity index is 1.36. The first-order chi connectivity index (χ1) is 15.4. The van der Waals surface area contributed by atoms with Crippen molar-refractivity contribution in [3.8, 4) is 11.3 Å². The van der Waals surface area contributed by atoms with Crippen LogP contribution in [0.4, 0.5) is 4.39 Å². The van der Waals surface area contributed by atoms with Gasteiger partial charge in [-0.2, -0.15) is 5.10 Å². The van der Waals surface area contributed by atoms with Crippen LogP contribution in [0.1, 0.15) is 42.2 Å². The number of hydrogen-bond acceptors (Lipinski definition) is 3. The molecule has 0 aliphatic carbocycles. The number of halogens is 1. The second-order valence-corrected chi connectivity index (χ2v) is 7.92. The van der Waals surface area contributed by atoms with Crippen molar-refractivity contribution in [1.29, 1.82) is 0 Å². The molecule has 0 spiro atoms. The van der Waals surface area contributed by atoms with Gasteiger partial charge in [0, 0.05) is 30.4 Å². The number of carbonyl (C=O) groups excluding carboxylic acids is 2. The molecule has 1 heterocycles. The number of carbonyl (C=O) groups is 2. The zero-order chi connectivity index (χ0) is 22.9. The number of amides is 2. The largest absolute Gasteiger partial charge is 0.344 e. The first kappa shape index (κ1) is 23.2. The minimum Gasteiger partial charge on any atom is -0.344 e. The summed E-state index contributed by atoms with van der Waals surface area (Å²) in [6, 6.07) is 16.6. The number of nitrogens with one attached hydrogen (secondary N) is 2. The lowest BCUT2D eigenvalue weighted by Crippen LogP contribution is -2.45. The van der Waals surface area contributed by atoms with Crippen LogP contribution in [0.3, 0.4) is 0 Å². The number of benzene rings is 2. The summed E-state index contributed by atoms with van der Waals surface area (Å²) in [5, 5.41) is 10.0. The molecule has 0 saturated heterocycles. The number of nitrogens with zero attached hydrogens (tertiary/aromatic N) is 2. The van der Waals surface area contributed by atoms with Gasteiger partial charge in [0.1, 0.15) is 11.9 Å². The molecular weight excluding hydrogens is 407 g/mol. The SMILES string of the molecule is CC(NC(=O)c1ccccc1)C(=O)N(C)CCCCCc1cc(-c2cccc(F)c2)n[nH]1. The number of rotatable bonds is 10. The molecule has 2 amide bonds. The van der Waals surface area contributed by atoms with E-state index in [1.807, 2.05) is 18.2 Å². The van der Waals surface area contributed by atoms with Gasteiger partial charge in [-0.3, -0.25) is 14.7 Å². The third-order valence-electron chi connectivity index (χ3n) is 5.32. The first-order valence-corrected chi connectivity index (χ1v) is 10.8. The van der Waals surface area contributed by atoms with Crippen LogP contribution in [0.2, 0.25) is 0 Å². The van der Waals surface area contributed by atoms with Gasteiger partial charge < -0.3 is 10.2 Å². The summed E-state index contributed by atoms with van der Waals surface area (Å²) in [4.78, 5) is 26.4. The Morgan fingerprint density at radius 1 is 1.06 bits per heavy atom. The maximum atomic E-state index is 13.4. The van der Waals surface area contributed by atoms with Gasteiger partial charge >= 0.3 is 0 Å².